The first-order valence-corrected chi connectivity index (χ1v) is 7.83. The van der Waals surface area contributed by atoms with Gasteiger partial charge in [0.25, 0.3) is 0 Å². The van der Waals surface area contributed by atoms with Crippen LogP contribution in [0.3, 0.4) is 0 Å². The van der Waals surface area contributed by atoms with Gasteiger partial charge >= 0.3 is 0 Å². The van der Waals surface area contributed by atoms with E-state index in [9.17, 15) is 4.39 Å². The number of hydrogen-bond donors (Lipinski definition) is 1. The largest absolute Gasteiger partial charge is 0.310 e. The molecule has 1 aliphatic heterocycles. The van der Waals surface area contributed by atoms with Crippen molar-refractivity contribution >= 4 is 0 Å². The van der Waals surface area contributed by atoms with Crippen LogP contribution in [0, 0.1) is 11.7 Å². The van der Waals surface area contributed by atoms with Crippen LogP contribution in [-0.2, 0) is 0 Å². The molecule has 112 valence electrons. The maximum Gasteiger partial charge on any atom is 0.123 e. The lowest BCUT2D eigenvalue weighted by molar-refractivity contribution is 0.249. The lowest BCUT2D eigenvalue weighted by Crippen LogP contribution is -2.32. The Balaban J connectivity index is 1.94. The summed E-state index contributed by atoms with van der Waals surface area (Å²) in [6.07, 6.45) is 2.39. The van der Waals surface area contributed by atoms with Crippen molar-refractivity contribution in [2.45, 2.75) is 45.7 Å². The van der Waals surface area contributed by atoms with Crippen molar-refractivity contribution in [3.05, 3.63) is 35.6 Å². The van der Waals surface area contributed by atoms with Crippen molar-refractivity contribution in [1.29, 1.82) is 0 Å². The Hall–Kier alpha value is -0.930. The second-order valence-corrected chi connectivity index (χ2v) is 6.14. The van der Waals surface area contributed by atoms with Gasteiger partial charge in [0.05, 0.1) is 0 Å². The maximum absolute atomic E-state index is 13.0. The quantitative estimate of drug-likeness (QED) is 0.855. The van der Waals surface area contributed by atoms with Crippen molar-refractivity contribution < 1.29 is 4.39 Å². The smallest absolute Gasteiger partial charge is 0.123 e. The third-order valence-corrected chi connectivity index (χ3v) is 4.34. The van der Waals surface area contributed by atoms with Gasteiger partial charge in [0.1, 0.15) is 5.82 Å². The van der Waals surface area contributed by atoms with Gasteiger partial charge in [-0.2, -0.15) is 0 Å². The fraction of sp³-hybridized carbons (Fsp3) is 0.647. The molecule has 0 saturated carbocycles. The zero-order chi connectivity index (χ0) is 14.5. The van der Waals surface area contributed by atoms with Gasteiger partial charge in [0.15, 0.2) is 0 Å². The molecule has 0 spiro atoms. The van der Waals surface area contributed by atoms with Crippen LogP contribution in [0.4, 0.5) is 4.39 Å². The first-order chi connectivity index (χ1) is 9.60. The molecule has 1 aromatic rings. The van der Waals surface area contributed by atoms with E-state index >= 15 is 0 Å². The Kier molecular flexibility index (Phi) is 5.55. The number of nitrogens with zero attached hydrogens (tertiary/aromatic N) is 1. The summed E-state index contributed by atoms with van der Waals surface area (Å²) in [5.41, 5.74) is 1.19. The molecule has 0 aromatic heterocycles. The average Bonchev–Trinajstić information content (AvgIpc) is 2.74. The summed E-state index contributed by atoms with van der Waals surface area (Å²) >= 11 is 0. The molecule has 1 aliphatic rings. The SMILES string of the molecule is CCNC(CCN1CC(C)CC1C)c1ccc(F)cc1. The number of nitrogens with one attached hydrogen (secondary N) is 1. The molecule has 3 atom stereocenters. The van der Waals surface area contributed by atoms with Crippen LogP contribution in [0.1, 0.15) is 45.2 Å². The molecule has 1 N–H and O–H groups in total. The minimum atomic E-state index is -0.161. The molecular formula is C17H27FN2. The molecule has 0 amide bonds. The molecule has 3 unspecified atom stereocenters. The highest BCUT2D eigenvalue weighted by molar-refractivity contribution is 5.20. The Morgan fingerprint density at radius 3 is 2.55 bits per heavy atom. The van der Waals surface area contributed by atoms with E-state index in [0.29, 0.717) is 12.1 Å². The fourth-order valence-electron chi connectivity index (χ4n) is 3.32. The third-order valence-electron chi connectivity index (χ3n) is 4.34. The summed E-state index contributed by atoms with van der Waals surface area (Å²) in [4.78, 5) is 2.58. The van der Waals surface area contributed by atoms with E-state index in [-0.39, 0.29) is 5.82 Å². The van der Waals surface area contributed by atoms with Gasteiger partial charge in [-0.05, 0) is 49.9 Å². The van der Waals surface area contributed by atoms with Gasteiger partial charge in [-0.3, -0.25) is 0 Å². The molecule has 0 aliphatic carbocycles. The van der Waals surface area contributed by atoms with E-state index in [1.165, 1.54) is 18.5 Å². The van der Waals surface area contributed by atoms with Crippen LogP contribution in [0.15, 0.2) is 24.3 Å². The molecule has 0 bridgehead atoms. The van der Waals surface area contributed by atoms with Crippen LogP contribution in [-0.4, -0.2) is 30.6 Å². The number of rotatable bonds is 6. The van der Waals surface area contributed by atoms with Gasteiger partial charge < -0.3 is 10.2 Å². The summed E-state index contributed by atoms with van der Waals surface area (Å²) in [6, 6.07) is 7.93. The molecule has 2 rings (SSSR count). The predicted molar refractivity (Wildman–Crippen MR) is 82.3 cm³/mol. The molecule has 3 heteroatoms. The Morgan fingerprint density at radius 1 is 1.30 bits per heavy atom. The monoisotopic (exact) mass is 278 g/mol. The number of hydrogen-bond acceptors (Lipinski definition) is 2. The molecular weight excluding hydrogens is 251 g/mol. The molecule has 2 nitrogen and oxygen atoms in total. The fourth-order valence-corrected chi connectivity index (χ4v) is 3.32. The standard InChI is InChI=1S/C17H27FN2/c1-4-19-17(15-5-7-16(18)8-6-15)9-10-20-12-13(2)11-14(20)3/h5-8,13-14,17,19H,4,9-12H2,1-3H3. The van der Waals surface area contributed by atoms with Gasteiger partial charge in [0.2, 0.25) is 0 Å². The minimum absolute atomic E-state index is 0.161. The van der Waals surface area contributed by atoms with E-state index in [4.69, 9.17) is 0 Å². The summed E-state index contributed by atoms with van der Waals surface area (Å²) < 4.78 is 13.0. The highest BCUT2D eigenvalue weighted by Gasteiger charge is 2.26. The third kappa shape index (κ3) is 4.03. The Bertz CT molecular complexity index is 404. The second-order valence-electron chi connectivity index (χ2n) is 6.14. The number of likely N-dealkylation sites (tertiary alicyclic amines) is 1. The lowest BCUT2D eigenvalue weighted by atomic mass is 10.0. The summed E-state index contributed by atoms with van der Waals surface area (Å²) in [5.74, 6) is 0.652. The highest BCUT2D eigenvalue weighted by atomic mass is 19.1. The van der Waals surface area contributed by atoms with Gasteiger partial charge in [-0.15, -0.1) is 0 Å². The van der Waals surface area contributed by atoms with Crippen LogP contribution in [0.5, 0.6) is 0 Å². The van der Waals surface area contributed by atoms with Gasteiger partial charge in [-0.1, -0.05) is 26.0 Å². The van der Waals surface area contributed by atoms with E-state index in [1.54, 1.807) is 12.1 Å². The molecule has 0 radical (unpaired) electrons. The van der Waals surface area contributed by atoms with E-state index < -0.39 is 0 Å². The van der Waals surface area contributed by atoms with Crippen LogP contribution >= 0.6 is 0 Å². The van der Waals surface area contributed by atoms with Gasteiger partial charge in [0, 0.05) is 25.2 Å². The second kappa shape index (κ2) is 7.19. The number of benzene rings is 1. The zero-order valence-electron chi connectivity index (χ0n) is 12.9. The summed E-state index contributed by atoms with van der Waals surface area (Å²) in [6.45, 7) is 10.0. The average molecular weight is 278 g/mol. The molecule has 1 fully saturated rings. The van der Waals surface area contributed by atoms with Crippen molar-refractivity contribution in [2.24, 2.45) is 5.92 Å². The first kappa shape index (κ1) is 15.5. The molecule has 1 aromatic carbocycles. The topological polar surface area (TPSA) is 15.3 Å². The predicted octanol–water partition coefficient (Wildman–Crippen LogP) is 3.60. The lowest BCUT2D eigenvalue weighted by Gasteiger charge is -2.25. The summed E-state index contributed by atoms with van der Waals surface area (Å²) in [7, 11) is 0. The van der Waals surface area contributed by atoms with E-state index in [2.05, 4.69) is 31.0 Å². The summed E-state index contributed by atoms with van der Waals surface area (Å²) in [5, 5.41) is 3.52. The molecule has 1 heterocycles. The van der Waals surface area contributed by atoms with Crippen molar-refractivity contribution in [2.75, 3.05) is 19.6 Å². The Labute approximate surface area is 122 Å². The minimum Gasteiger partial charge on any atom is -0.310 e. The molecule has 1 saturated heterocycles. The highest BCUT2D eigenvalue weighted by Crippen LogP contribution is 2.24. The van der Waals surface area contributed by atoms with Crippen molar-refractivity contribution in [1.82, 2.24) is 10.2 Å². The first-order valence-electron chi connectivity index (χ1n) is 7.83. The van der Waals surface area contributed by atoms with Crippen molar-refractivity contribution in [3.8, 4) is 0 Å². The van der Waals surface area contributed by atoms with Crippen LogP contribution in [0.25, 0.3) is 0 Å². The van der Waals surface area contributed by atoms with Crippen LogP contribution < -0.4 is 5.32 Å². The van der Waals surface area contributed by atoms with Crippen molar-refractivity contribution in [3.63, 3.8) is 0 Å². The molecule has 20 heavy (non-hydrogen) atoms. The van der Waals surface area contributed by atoms with Crippen LogP contribution in [0.2, 0.25) is 0 Å². The van der Waals surface area contributed by atoms with Gasteiger partial charge in [-0.25, -0.2) is 4.39 Å². The normalized spacial score (nSPS) is 25.0. The van der Waals surface area contributed by atoms with E-state index in [0.717, 1.165) is 25.4 Å². The zero-order valence-corrected chi connectivity index (χ0v) is 12.9. The maximum atomic E-state index is 13.0. The van der Waals surface area contributed by atoms with E-state index in [1.807, 2.05) is 12.1 Å². The Morgan fingerprint density at radius 2 is 2.00 bits per heavy atom. The number of halogens is 1.